The average molecular weight is 491 g/mol. The first-order valence-corrected chi connectivity index (χ1v) is 12.8. The first kappa shape index (κ1) is 24.2. The van der Waals surface area contributed by atoms with E-state index in [9.17, 15) is 17.9 Å². The summed E-state index contributed by atoms with van der Waals surface area (Å²) in [4.78, 5) is 5.44. The lowest BCUT2D eigenvalue weighted by Gasteiger charge is -2.41. The molecule has 2 atom stereocenters. The third-order valence-electron chi connectivity index (χ3n) is 5.24. The Morgan fingerprint density at radius 2 is 2.06 bits per heavy atom. The Morgan fingerprint density at radius 3 is 2.71 bits per heavy atom. The molecule has 0 bridgehead atoms. The van der Waals surface area contributed by atoms with Crippen LogP contribution in [0.2, 0.25) is 5.02 Å². The van der Waals surface area contributed by atoms with Gasteiger partial charge in [0.15, 0.2) is 5.13 Å². The molecule has 0 aliphatic heterocycles. The Hall–Kier alpha value is -1.46. The molecule has 3 rings (SSSR count). The number of aliphatic hydroxyl groups is 1. The number of nitrogens with one attached hydrogen (secondary N) is 2. The van der Waals surface area contributed by atoms with Gasteiger partial charge in [0, 0.05) is 30.2 Å². The summed E-state index contributed by atoms with van der Waals surface area (Å²) in [6.45, 7) is 4.03. The summed E-state index contributed by atoms with van der Waals surface area (Å²) in [7, 11) is -2.19. The van der Waals surface area contributed by atoms with E-state index < -0.39 is 26.3 Å². The molecule has 0 saturated heterocycles. The fraction of sp³-hybridized carbons (Fsp3) is 0.550. The molecule has 1 heterocycles. The predicted molar refractivity (Wildman–Crippen MR) is 123 cm³/mol. The van der Waals surface area contributed by atoms with E-state index in [1.807, 2.05) is 7.05 Å². The molecule has 1 aliphatic carbocycles. The van der Waals surface area contributed by atoms with Gasteiger partial charge in [0.2, 0.25) is 0 Å². The van der Waals surface area contributed by atoms with E-state index in [0.717, 1.165) is 49.2 Å². The highest BCUT2D eigenvalue weighted by Crippen LogP contribution is 2.33. The second-order valence-electron chi connectivity index (χ2n) is 8.54. The van der Waals surface area contributed by atoms with Crippen molar-refractivity contribution in [1.29, 1.82) is 0 Å². The molecule has 1 aromatic heterocycles. The summed E-state index contributed by atoms with van der Waals surface area (Å²) in [6.07, 6.45) is 5.35. The lowest BCUT2D eigenvalue weighted by atomic mass is 9.88. The summed E-state index contributed by atoms with van der Waals surface area (Å²) < 4.78 is 42.2. The number of nitrogens with zero attached hydrogens (tertiary/aromatic N) is 2. The molecule has 3 N–H and O–H groups in total. The van der Waals surface area contributed by atoms with Gasteiger partial charge in [-0.05, 0) is 45.9 Å². The summed E-state index contributed by atoms with van der Waals surface area (Å²) in [5.74, 6) is -0.895. The molecule has 1 saturated carbocycles. The zero-order chi connectivity index (χ0) is 22.8. The molecule has 1 aromatic carbocycles. The van der Waals surface area contributed by atoms with Crippen molar-refractivity contribution in [3.05, 3.63) is 34.5 Å². The maximum atomic E-state index is 14.8. The van der Waals surface area contributed by atoms with Gasteiger partial charge < -0.3 is 10.4 Å². The number of rotatable bonds is 8. The fourth-order valence-electron chi connectivity index (χ4n) is 4.02. The molecule has 0 amide bonds. The highest BCUT2D eigenvalue weighted by molar-refractivity contribution is 7.93. The van der Waals surface area contributed by atoms with Crippen molar-refractivity contribution in [2.24, 2.45) is 0 Å². The van der Waals surface area contributed by atoms with Crippen LogP contribution in [0.1, 0.15) is 39.5 Å². The minimum absolute atomic E-state index is 0.00565. The molecule has 2 aromatic rings. The quantitative estimate of drug-likeness (QED) is 0.514. The molecule has 11 heteroatoms. The smallest absolute Gasteiger partial charge is 0.266 e. The molecule has 172 valence electrons. The Morgan fingerprint density at radius 1 is 1.35 bits per heavy atom. The van der Waals surface area contributed by atoms with Gasteiger partial charge in [-0.25, -0.2) is 17.8 Å². The summed E-state index contributed by atoms with van der Waals surface area (Å²) in [6, 6.07) is 2.37. The third-order valence-corrected chi connectivity index (χ3v) is 7.72. The van der Waals surface area contributed by atoms with Crippen LogP contribution in [0.5, 0.6) is 0 Å². The third kappa shape index (κ3) is 6.29. The lowest BCUT2D eigenvalue weighted by Crippen LogP contribution is -2.51. The van der Waals surface area contributed by atoms with Gasteiger partial charge in [-0.1, -0.05) is 24.4 Å². The normalized spacial score (nSPS) is 20.1. The van der Waals surface area contributed by atoms with E-state index in [1.165, 1.54) is 6.20 Å². The van der Waals surface area contributed by atoms with Gasteiger partial charge in [-0.2, -0.15) is 0 Å². The molecule has 1 fully saturated rings. The Labute approximate surface area is 191 Å². The van der Waals surface area contributed by atoms with E-state index >= 15 is 0 Å². The van der Waals surface area contributed by atoms with Crippen molar-refractivity contribution in [3.8, 4) is 0 Å². The number of benzene rings is 1. The molecule has 31 heavy (non-hydrogen) atoms. The molecule has 0 unspecified atom stereocenters. The van der Waals surface area contributed by atoms with Gasteiger partial charge in [0.1, 0.15) is 10.7 Å². The number of aromatic nitrogens is 1. The fourth-order valence-corrected chi connectivity index (χ4v) is 6.18. The van der Waals surface area contributed by atoms with Crippen LogP contribution in [0.25, 0.3) is 0 Å². The zero-order valence-electron chi connectivity index (χ0n) is 17.7. The highest BCUT2D eigenvalue weighted by Gasteiger charge is 2.31. The summed E-state index contributed by atoms with van der Waals surface area (Å²) in [5.41, 5.74) is -0.484. The molecule has 1 aliphatic rings. The zero-order valence-corrected chi connectivity index (χ0v) is 20.1. The van der Waals surface area contributed by atoms with Gasteiger partial charge in [0.05, 0.1) is 16.3 Å². The van der Waals surface area contributed by atoms with Crippen LogP contribution >= 0.6 is 22.9 Å². The van der Waals surface area contributed by atoms with Gasteiger partial charge >= 0.3 is 0 Å². The average Bonchev–Trinajstić information content (AvgIpc) is 3.15. The maximum Gasteiger partial charge on any atom is 0.266 e. The molecular formula is C20H28ClFN4O3S2. The largest absolute Gasteiger partial charge is 0.389 e. The van der Waals surface area contributed by atoms with Crippen molar-refractivity contribution in [1.82, 2.24) is 9.88 Å². The number of sulfonamides is 1. The monoisotopic (exact) mass is 490 g/mol. The molecule has 7 nitrogen and oxygen atoms in total. The number of anilines is 2. The van der Waals surface area contributed by atoms with Gasteiger partial charge in [-0.15, -0.1) is 11.3 Å². The standard InChI is InChI=1S/C20H28ClFN4O3S2/c1-20(2,27)12-26(3)17-7-5-4-6-15(17)24-16-11-14(22)18(10-13(16)21)31(28,29)25-19-23-8-9-30-19/h8-11,15,17,24,27H,4-7,12H2,1-3H3,(H,23,25)/t15-,17-/m0/s1. The van der Waals surface area contributed by atoms with Crippen LogP contribution in [0.15, 0.2) is 28.6 Å². The van der Waals surface area contributed by atoms with Crippen molar-refractivity contribution in [2.75, 3.05) is 23.6 Å². The molecular weight excluding hydrogens is 463 g/mol. The van der Waals surface area contributed by atoms with E-state index in [1.54, 1.807) is 19.2 Å². The van der Waals surface area contributed by atoms with Crippen molar-refractivity contribution >= 4 is 43.8 Å². The number of hydrogen-bond donors (Lipinski definition) is 3. The predicted octanol–water partition coefficient (Wildman–Crippen LogP) is 4.16. The number of halogens is 2. The number of hydrogen-bond acceptors (Lipinski definition) is 7. The molecule has 0 radical (unpaired) electrons. The Bertz CT molecular complexity index is 997. The van der Waals surface area contributed by atoms with Crippen LogP contribution in [0.4, 0.5) is 15.2 Å². The van der Waals surface area contributed by atoms with Crippen molar-refractivity contribution in [3.63, 3.8) is 0 Å². The minimum atomic E-state index is -4.16. The Balaban J connectivity index is 1.80. The lowest BCUT2D eigenvalue weighted by molar-refractivity contribution is 0.0231. The van der Waals surface area contributed by atoms with Crippen molar-refractivity contribution < 1.29 is 17.9 Å². The van der Waals surface area contributed by atoms with Crippen LogP contribution in [0.3, 0.4) is 0 Å². The second kappa shape index (κ2) is 9.58. The van der Waals surface area contributed by atoms with Crippen LogP contribution in [-0.2, 0) is 10.0 Å². The topological polar surface area (TPSA) is 94.6 Å². The van der Waals surface area contributed by atoms with E-state index in [4.69, 9.17) is 11.6 Å². The van der Waals surface area contributed by atoms with E-state index in [0.29, 0.717) is 12.2 Å². The summed E-state index contributed by atoms with van der Waals surface area (Å²) >= 11 is 7.45. The maximum absolute atomic E-state index is 14.8. The van der Waals surface area contributed by atoms with E-state index in [2.05, 4.69) is 19.9 Å². The van der Waals surface area contributed by atoms with Crippen LogP contribution in [-0.4, -0.2) is 54.7 Å². The second-order valence-corrected chi connectivity index (χ2v) is 11.5. The highest BCUT2D eigenvalue weighted by atomic mass is 35.5. The Kier molecular flexibility index (Phi) is 7.47. The van der Waals surface area contributed by atoms with Crippen molar-refractivity contribution in [2.45, 2.75) is 62.1 Å². The SMILES string of the molecule is CN(CC(C)(C)O)[C@H]1CCCC[C@@H]1Nc1cc(F)c(S(=O)(=O)Nc2nccs2)cc1Cl. The van der Waals surface area contributed by atoms with Crippen LogP contribution in [0, 0.1) is 5.82 Å². The number of thiazole rings is 1. The summed E-state index contributed by atoms with van der Waals surface area (Å²) in [5, 5.41) is 15.4. The van der Waals surface area contributed by atoms with Gasteiger partial charge in [-0.3, -0.25) is 9.62 Å². The number of likely N-dealkylation sites (N-methyl/N-ethyl adjacent to an activating group) is 1. The molecule has 0 spiro atoms. The minimum Gasteiger partial charge on any atom is -0.389 e. The first-order valence-electron chi connectivity index (χ1n) is 10.1. The van der Waals surface area contributed by atoms with E-state index in [-0.39, 0.29) is 22.2 Å². The van der Waals surface area contributed by atoms with Gasteiger partial charge in [0.25, 0.3) is 10.0 Å². The van der Waals surface area contributed by atoms with Crippen LogP contribution < -0.4 is 10.0 Å². The first-order chi connectivity index (χ1) is 14.5.